The highest BCUT2D eigenvalue weighted by Gasteiger charge is 2.26. The number of halogens is 2. The van der Waals surface area contributed by atoms with Gasteiger partial charge in [0.2, 0.25) is 0 Å². The Hall–Kier alpha value is -1.08. The monoisotopic (exact) mass is 258 g/mol. The van der Waals surface area contributed by atoms with Gasteiger partial charge in [0, 0.05) is 5.56 Å². The standard InChI is InChI=1S/C12H16F2N2O2/c13-9-2-1-3-10(14)8(9)6-11(16-15)12-7-17-4-5-18-12/h1-3,11-12,16H,4-7,15H2. The van der Waals surface area contributed by atoms with Crippen molar-refractivity contribution in [2.75, 3.05) is 19.8 Å². The fourth-order valence-corrected chi connectivity index (χ4v) is 1.98. The molecule has 2 rings (SSSR count). The molecule has 1 aliphatic heterocycles. The first-order chi connectivity index (χ1) is 8.72. The van der Waals surface area contributed by atoms with Gasteiger partial charge in [0.05, 0.1) is 32.0 Å². The Morgan fingerprint density at radius 2 is 2.06 bits per heavy atom. The van der Waals surface area contributed by atoms with E-state index in [0.717, 1.165) is 0 Å². The van der Waals surface area contributed by atoms with E-state index in [2.05, 4.69) is 5.43 Å². The normalized spacial score (nSPS) is 21.8. The topological polar surface area (TPSA) is 56.5 Å². The summed E-state index contributed by atoms with van der Waals surface area (Å²) in [4.78, 5) is 0. The van der Waals surface area contributed by atoms with Crippen LogP contribution < -0.4 is 11.3 Å². The average molecular weight is 258 g/mol. The van der Waals surface area contributed by atoms with E-state index in [1.54, 1.807) is 0 Å². The molecule has 1 fully saturated rings. The van der Waals surface area contributed by atoms with Crippen LogP contribution in [0, 0.1) is 11.6 Å². The van der Waals surface area contributed by atoms with E-state index in [1.165, 1.54) is 18.2 Å². The first-order valence-electron chi connectivity index (χ1n) is 5.80. The lowest BCUT2D eigenvalue weighted by Gasteiger charge is -2.30. The number of hydrogen-bond donors (Lipinski definition) is 2. The SMILES string of the molecule is NNC(Cc1c(F)cccc1F)C1COCCO1. The summed E-state index contributed by atoms with van der Waals surface area (Å²) in [6, 6.07) is 3.39. The summed E-state index contributed by atoms with van der Waals surface area (Å²) in [5.74, 6) is 4.27. The zero-order valence-electron chi connectivity index (χ0n) is 9.86. The van der Waals surface area contributed by atoms with Crippen molar-refractivity contribution in [3.8, 4) is 0 Å². The molecule has 0 amide bonds. The number of rotatable bonds is 4. The molecule has 6 heteroatoms. The van der Waals surface area contributed by atoms with Gasteiger partial charge in [0.1, 0.15) is 11.6 Å². The van der Waals surface area contributed by atoms with Crippen LogP contribution in [0.1, 0.15) is 5.56 Å². The van der Waals surface area contributed by atoms with Crippen LogP contribution in [0.4, 0.5) is 8.78 Å². The minimum absolute atomic E-state index is 0.00891. The molecule has 0 aromatic heterocycles. The molecule has 1 aromatic carbocycles. The smallest absolute Gasteiger partial charge is 0.129 e. The molecule has 1 heterocycles. The van der Waals surface area contributed by atoms with Crippen LogP contribution in [0.3, 0.4) is 0 Å². The van der Waals surface area contributed by atoms with Crippen molar-refractivity contribution in [1.82, 2.24) is 5.43 Å². The molecule has 2 unspecified atom stereocenters. The predicted octanol–water partition coefficient (Wildman–Crippen LogP) is 0.755. The molecule has 4 nitrogen and oxygen atoms in total. The third-order valence-electron chi connectivity index (χ3n) is 2.99. The third-order valence-corrected chi connectivity index (χ3v) is 2.99. The number of hydrazine groups is 1. The fourth-order valence-electron chi connectivity index (χ4n) is 1.98. The second-order valence-corrected chi connectivity index (χ2v) is 4.16. The average Bonchev–Trinajstić information content (AvgIpc) is 2.40. The van der Waals surface area contributed by atoms with Gasteiger partial charge in [-0.2, -0.15) is 0 Å². The van der Waals surface area contributed by atoms with Crippen molar-refractivity contribution in [3.63, 3.8) is 0 Å². The number of ether oxygens (including phenoxy) is 2. The molecule has 1 aliphatic rings. The van der Waals surface area contributed by atoms with Crippen molar-refractivity contribution in [1.29, 1.82) is 0 Å². The fraction of sp³-hybridized carbons (Fsp3) is 0.500. The van der Waals surface area contributed by atoms with E-state index in [4.69, 9.17) is 15.3 Å². The number of nitrogens with one attached hydrogen (secondary N) is 1. The van der Waals surface area contributed by atoms with Gasteiger partial charge in [-0.3, -0.25) is 11.3 Å². The molecule has 1 aromatic rings. The lowest BCUT2D eigenvalue weighted by Crippen LogP contribution is -2.50. The van der Waals surface area contributed by atoms with E-state index in [9.17, 15) is 8.78 Å². The summed E-state index contributed by atoms with van der Waals surface area (Å²) in [5, 5.41) is 0. The summed E-state index contributed by atoms with van der Waals surface area (Å²) in [6.45, 7) is 1.36. The summed E-state index contributed by atoms with van der Waals surface area (Å²) >= 11 is 0. The minimum atomic E-state index is -0.577. The Morgan fingerprint density at radius 1 is 1.33 bits per heavy atom. The Labute approximate surface area is 104 Å². The van der Waals surface area contributed by atoms with Crippen molar-refractivity contribution >= 4 is 0 Å². The van der Waals surface area contributed by atoms with Crippen LogP contribution >= 0.6 is 0 Å². The summed E-state index contributed by atoms with van der Waals surface area (Å²) in [6.07, 6.45) is -0.189. The highest BCUT2D eigenvalue weighted by molar-refractivity contribution is 5.21. The summed E-state index contributed by atoms with van der Waals surface area (Å²) in [5.41, 5.74) is 2.55. The van der Waals surface area contributed by atoms with Crippen LogP contribution in [0.5, 0.6) is 0 Å². The van der Waals surface area contributed by atoms with Crippen molar-refractivity contribution in [3.05, 3.63) is 35.4 Å². The second kappa shape index (κ2) is 6.19. The van der Waals surface area contributed by atoms with Crippen LogP contribution in [0.2, 0.25) is 0 Å². The quantitative estimate of drug-likeness (QED) is 0.618. The number of hydrogen-bond acceptors (Lipinski definition) is 4. The zero-order chi connectivity index (χ0) is 13.0. The maximum atomic E-state index is 13.5. The van der Waals surface area contributed by atoms with Gasteiger partial charge >= 0.3 is 0 Å². The van der Waals surface area contributed by atoms with E-state index < -0.39 is 17.7 Å². The van der Waals surface area contributed by atoms with E-state index in [1.807, 2.05) is 0 Å². The molecule has 0 spiro atoms. The van der Waals surface area contributed by atoms with Gasteiger partial charge in [0.25, 0.3) is 0 Å². The predicted molar refractivity (Wildman–Crippen MR) is 61.7 cm³/mol. The van der Waals surface area contributed by atoms with Crippen LogP contribution in [0.15, 0.2) is 18.2 Å². The summed E-state index contributed by atoms with van der Waals surface area (Å²) in [7, 11) is 0. The highest BCUT2D eigenvalue weighted by atomic mass is 19.1. The molecule has 2 atom stereocenters. The van der Waals surface area contributed by atoms with E-state index >= 15 is 0 Å². The molecule has 0 aliphatic carbocycles. The largest absolute Gasteiger partial charge is 0.376 e. The Kier molecular flexibility index (Phi) is 4.60. The Bertz CT molecular complexity index is 377. The number of benzene rings is 1. The van der Waals surface area contributed by atoms with Crippen LogP contribution in [0.25, 0.3) is 0 Å². The molecule has 100 valence electrons. The van der Waals surface area contributed by atoms with Gasteiger partial charge in [0.15, 0.2) is 0 Å². The second-order valence-electron chi connectivity index (χ2n) is 4.16. The van der Waals surface area contributed by atoms with Gasteiger partial charge < -0.3 is 9.47 Å². The maximum Gasteiger partial charge on any atom is 0.129 e. The first kappa shape index (κ1) is 13.4. The first-order valence-corrected chi connectivity index (χ1v) is 5.80. The molecule has 0 radical (unpaired) electrons. The van der Waals surface area contributed by atoms with Crippen molar-refractivity contribution in [2.24, 2.45) is 5.84 Å². The van der Waals surface area contributed by atoms with Crippen LogP contribution in [-0.4, -0.2) is 32.0 Å². The third kappa shape index (κ3) is 3.02. The maximum absolute atomic E-state index is 13.5. The molecule has 0 bridgehead atoms. The Balaban J connectivity index is 2.09. The van der Waals surface area contributed by atoms with Crippen molar-refractivity contribution in [2.45, 2.75) is 18.6 Å². The molecule has 18 heavy (non-hydrogen) atoms. The molecule has 0 saturated carbocycles. The summed E-state index contributed by atoms with van der Waals surface area (Å²) < 4.78 is 37.8. The van der Waals surface area contributed by atoms with Crippen LogP contribution in [-0.2, 0) is 15.9 Å². The molecular formula is C12H16F2N2O2. The number of nitrogens with two attached hydrogens (primary N) is 1. The van der Waals surface area contributed by atoms with E-state index in [0.29, 0.717) is 19.8 Å². The lowest BCUT2D eigenvalue weighted by atomic mass is 10.0. The van der Waals surface area contributed by atoms with Gasteiger partial charge in [-0.05, 0) is 18.6 Å². The molecule has 1 saturated heterocycles. The van der Waals surface area contributed by atoms with Crippen molar-refractivity contribution < 1.29 is 18.3 Å². The molecule has 3 N–H and O–H groups in total. The van der Waals surface area contributed by atoms with Gasteiger partial charge in [-0.1, -0.05) is 6.07 Å². The lowest BCUT2D eigenvalue weighted by molar-refractivity contribution is -0.101. The molecular weight excluding hydrogens is 242 g/mol. The van der Waals surface area contributed by atoms with Gasteiger partial charge in [-0.15, -0.1) is 0 Å². The highest BCUT2D eigenvalue weighted by Crippen LogP contribution is 2.17. The van der Waals surface area contributed by atoms with E-state index in [-0.39, 0.29) is 18.1 Å². The van der Waals surface area contributed by atoms with Gasteiger partial charge in [-0.25, -0.2) is 8.78 Å². The Morgan fingerprint density at radius 3 is 2.61 bits per heavy atom. The zero-order valence-corrected chi connectivity index (χ0v) is 9.86. The minimum Gasteiger partial charge on any atom is -0.376 e.